The fourth-order valence-electron chi connectivity index (χ4n) is 2.22. The zero-order chi connectivity index (χ0) is 13.2. The highest BCUT2D eigenvalue weighted by molar-refractivity contribution is 5.92. The summed E-state index contributed by atoms with van der Waals surface area (Å²) in [6, 6.07) is -0.885. The molecule has 1 fully saturated rings. The fraction of sp³-hybridized carbons (Fsp3) is 0.538. The summed E-state index contributed by atoms with van der Waals surface area (Å²) in [6.07, 6.45) is 4.10. The summed E-state index contributed by atoms with van der Waals surface area (Å²) in [5, 5.41) is 9.24. The topological polar surface area (TPSA) is 57.6 Å². The van der Waals surface area contributed by atoms with E-state index < -0.39 is 12.0 Å². The van der Waals surface area contributed by atoms with Crippen LogP contribution >= 0.6 is 0 Å². The van der Waals surface area contributed by atoms with E-state index in [1.54, 1.807) is 26.0 Å². The van der Waals surface area contributed by atoms with Crippen molar-refractivity contribution in [1.82, 2.24) is 4.90 Å². The molecule has 1 saturated heterocycles. The molecule has 0 aromatic heterocycles. The molecule has 0 spiro atoms. The van der Waals surface area contributed by atoms with Gasteiger partial charge in [-0.15, -0.1) is 6.58 Å². The van der Waals surface area contributed by atoms with Gasteiger partial charge in [0.15, 0.2) is 6.04 Å². The molecule has 4 heteroatoms. The van der Waals surface area contributed by atoms with E-state index in [2.05, 4.69) is 6.58 Å². The molecule has 17 heavy (non-hydrogen) atoms. The quantitative estimate of drug-likeness (QED) is 0.586. The summed E-state index contributed by atoms with van der Waals surface area (Å²) in [5.74, 6) is -1.18. The number of carbonyl (C=O) groups is 2. The van der Waals surface area contributed by atoms with E-state index in [0.29, 0.717) is 12.0 Å². The van der Waals surface area contributed by atoms with Crippen LogP contribution in [0.2, 0.25) is 0 Å². The van der Waals surface area contributed by atoms with Crippen molar-refractivity contribution in [2.45, 2.75) is 39.3 Å². The van der Waals surface area contributed by atoms with Crippen LogP contribution in [0.5, 0.6) is 0 Å². The molecule has 0 radical (unpaired) electrons. The Balaban J connectivity index is 2.98. The maximum Gasteiger partial charge on any atom is 0.330 e. The van der Waals surface area contributed by atoms with Gasteiger partial charge in [0, 0.05) is 6.04 Å². The Labute approximate surface area is 102 Å². The van der Waals surface area contributed by atoms with Gasteiger partial charge in [-0.05, 0) is 25.8 Å². The van der Waals surface area contributed by atoms with E-state index in [-0.39, 0.29) is 17.9 Å². The maximum absolute atomic E-state index is 11.8. The van der Waals surface area contributed by atoms with Crippen molar-refractivity contribution in [2.75, 3.05) is 0 Å². The Morgan fingerprint density at radius 2 is 2.24 bits per heavy atom. The van der Waals surface area contributed by atoms with E-state index in [1.807, 2.05) is 6.92 Å². The highest BCUT2D eigenvalue weighted by atomic mass is 16.4. The molecular weight excluding hydrogens is 218 g/mol. The second kappa shape index (κ2) is 5.17. The van der Waals surface area contributed by atoms with Gasteiger partial charge >= 0.3 is 5.97 Å². The number of aliphatic carboxylic acids is 1. The zero-order valence-electron chi connectivity index (χ0n) is 10.5. The number of hydrogen-bond acceptors (Lipinski definition) is 2. The molecule has 0 saturated carbocycles. The molecular formula is C13H19NO3. The minimum absolute atomic E-state index is 0.0454. The number of carboxylic acids is 1. The van der Waals surface area contributed by atoms with Gasteiger partial charge in [0.1, 0.15) is 0 Å². The van der Waals surface area contributed by atoms with Gasteiger partial charge in [0.2, 0.25) is 5.91 Å². The summed E-state index contributed by atoms with van der Waals surface area (Å²) >= 11 is 0. The van der Waals surface area contributed by atoms with Crippen molar-refractivity contribution < 1.29 is 14.7 Å². The van der Waals surface area contributed by atoms with E-state index in [0.717, 1.165) is 0 Å². The average Bonchev–Trinajstić information content (AvgIpc) is 2.31. The highest BCUT2D eigenvalue weighted by Crippen LogP contribution is 2.33. The summed E-state index contributed by atoms with van der Waals surface area (Å²) in [7, 11) is 0. The van der Waals surface area contributed by atoms with Crippen LogP contribution in [0.1, 0.15) is 27.2 Å². The lowest BCUT2D eigenvalue weighted by Crippen LogP contribution is -2.65. The molecule has 1 unspecified atom stereocenters. The zero-order valence-corrected chi connectivity index (χ0v) is 10.5. The highest BCUT2D eigenvalue weighted by Gasteiger charge is 2.49. The molecule has 3 atom stereocenters. The first-order chi connectivity index (χ1) is 7.95. The van der Waals surface area contributed by atoms with E-state index in [1.165, 1.54) is 4.90 Å². The fourth-order valence-corrected chi connectivity index (χ4v) is 2.22. The van der Waals surface area contributed by atoms with Gasteiger partial charge in [-0.2, -0.15) is 0 Å². The lowest BCUT2D eigenvalue weighted by Gasteiger charge is -2.48. The number of rotatable bonds is 5. The molecule has 0 aromatic carbocycles. The third-order valence-corrected chi connectivity index (χ3v) is 3.39. The second-order valence-corrected chi connectivity index (χ2v) is 4.40. The number of allylic oxidation sites excluding steroid dienone is 1. The van der Waals surface area contributed by atoms with Crippen molar-refractivity contribution in [3.8, 4) is 0 Å². The second-order valence-electron chi connectivity index (χ2n) is 4.40. The first kappa shape index (κ1) is 13.5. The van der Waals surface area contributed by atoms with Crippen LogP contribution in [-0.2, 0) is 9.59 Å². The van der Waals surface area contributed by atoms with Crippen LogP contribution in [0.3, 0.4) is 0 Å². The van der Waals surface area contributed by atoms with E-state index in [4.69, 9.17) is 0 Å². The predicted octanol–water partition coefficient (Wildman–Crippen LogP) is 1.83. The molecule has 1 heterocycles. The first-order valence-electron chi connectivity index (χ1n) is 5.74. The smallest absolute Gasteiger partial charge is 0.330 e. The molecule has 0 bridgehead atoms. The molecule has 4 nitrogen and oxygen atoms in total. The minimum atomic E-state index is -0.977. The number of hydrogen-bond donors (Lipinski definition) is 1. The van der Waals surface area contributed by atoms with Gasteiger partial charge in [-0.3, -0.25) is 4.79 Å². The monoisotopic (exact) mass is 237 g/mol. The van der Waals surface area contributed by atoms with Gasteiger partial charge in [-0.1, -0.05) is 19.1 Å². The van der Waals surface area contributed by atoms with Crippen LogP contribution in [0.25, 0.3) is 0 Å². The molecule has 0 aromatic rings. The molecule has 1 aliphatic rings. The van der Waals surface area contributed by atoms with Crippen LogP contribution in [0.4, 0.5) is 0 Å². The van der Waals surface area contributed by atoms with Crippen LogP contribution in [-0.4, -0.2) is 34.0 Å². The number of nitrogens with zero attached hydrogens (tertiary/aromatic N) is 1. The van der Waals surface area contributed by atoms with Gasteiger partial charge in [0.05, 0.1) is 5.92 Å². The van der Waals surface area contributed by atoms with Crippen LogP contribution in [0.15, 0.2) is 24.3 Å². The molecule has 1 N–H and O–H groups in total. The number of carboxylic acid groups (broad SMARTS) is 1. The number of amides is 1. The Kier molecular flexibility index (Phi) is 4.10. The molecule has 1 aliphatic heterocycles. The molecule has 0 aliphatic carbocycles. The number of carbonyl (C=O) groups excluding carboxylic acids is 1. The molecule has 1 amide bonds. The van der Waals surface area contributed by atoms with Gasteiger partial charge in [0.25, 0.3) is 0 Å². The minimum Gasteiger partial charge on any atom is -0.479 e. The van der Waals surface area contributed by atoms with Crippen LogP contribution in [0, 0.1) is 5.92 Å². The normalized spacial score (nSPS) is 26.4. The van der Waals surface area contributed by atoms with Crippen molar-refractivity contribution in [3.05, 3.63) is 24.3 Å². The van der Waals surface area contributed by atoms with Crippen molar-refractivity contribution in [3.63, 3.8) is 0 Å². The summed E-state index contributed by atoms with van der Waals surface area (Å²) < 4.78 is 0. The SMILES string of the molecule is C=CC[C@@H]1[C@H](C)C(=O)N1C(C(=O)O)C(C)=CC. The Morgan fingerprint density at radius 1 is 1.65 bits per heavy atom. The van der Waals surface area contributed by atoms with E-state index >= 15 is 0 Å². The van der Waals surface area contributed by atoms with Gasteiger partial charge in [-0.25, -0.2) is 4.79 Å². The first-order valence-corrected chi connectivity index (χ1v) is 5.74. The lowest BCUT2D eigenvalue weighted by molar-refractivity contribution is -0.166. The maximum atomic E-state index is 11.8. The lowest BCUT2D eigenvalue weighted by atomic mass is 9.83. The Morgan fingerprint density at radius 3 is 2.65 bits per heavy atom. The third kappa shape index (κ3) is 2.25. The van der Waals surface area contributed by atoms with Crippen molar-refractivity contribution >= 4 is 11.9 Å². The van der Waals surface area contributed by atoms with Gasteiger partial charge < -0.3 is 10.0 Å². The van der Waals surface area contributed by atoms with Crippen LogP contribution < -0.4 is 0 Å². The predicted molar refractivity (Wildman–Crippen MR) is 65.5 cm³/mol. The summed E-state index contributed by atoms with van der Waals surface area (Å²) in [4.78, 5) is 24.6. The number of likely N-dealkylation sites (tertiary alicyclic amines) is 1. The van der Waals surface area contributed by atoms with E-state index in [9.17, 15) is 14.7 Å². The summed E-state index contributed by atoms with van der Waals surface area (Å²) in [5.41, 5.74) is 0.687. The third-order valence-electron chi connectivity index (χ3n) is 3.39. The van der Waals surface area contributed by atoms with Crippen molar-refractivity contribution in [2.24, 2.45) is 5.92 Å². The molecule has 94 valence electrons. The Hall–Kier alpha value is -1.58. The summed E-state index contributed by atoms with van der Waals surface area (Å²) in [6.45, 7) is 8.99. The average molecular weight is 237 g/mol. The number of β-lactam (4-membered cyclic amide) rings is 1. The van der Waals surface area contributed by atoms with Crippen molar-refractivity contribution in [1.29, 1.82) is 0 Å². The molecule has 1 rings (SSSR count). The largest absolute Gasteiger partial charge is 0.479 e. The standard InChI is InChI=1S/C13H19NO3/c1-5-7-10-9(4)12(15)14(10)11(13(16)17)8(3)6-2/h5-6,9-11H,1,7H2,2-4H3,(H,16,17)/t9-,10+,11?/m0/s1. The Bertz CT molecular complexity index is 373.